The van der Waals surface area contributed by atoms with Crippen molar-refractivity contribution in [1.29, 1.82) is 0 Å². The van der Waals surface area contributed by atoms with E-state index in [-0.39, 0.29) is 10.7 Å². The van der Waals surface area contributed by atoms with Crippen LogP contribution in [0.1, 0.15) is 0 Å². The molecule has 2 heterocycles. The molecule has 0 bridgehead atoms. The van der Waals surface area contributed by atoms with E-state index in [4.69, 9.17) is 0 Å². The Morgan fingerprint density at radius 2 is 1.94 bits per heavy atom. The normalized spacial score (nSPS) is 11.1. The van der Waals surface area contributed by atoms with E-state index in [0.29, 0.717) is 0 Å². The lowest BCUT2D eigenvalue weighted by Gasteiger charge is -2.06. The largest absolute Gasteiger partial charge is 0.264 e. The second-order valence-electron chi connectivity index (χ2n) is 3.13. The Hall–Kier alpha value is -2.02. The summed E-state index contributed by atoms with van der Waals surface area (Å²) in [5.41, 5.74) is 0. The fourth-order valence-electron chi connectivity index (χ4n) is 1.15. The first-order valence-electron chi connectivity index (χ1n) is 4.63. The molecule has 0 amide bonds. The summed E-state index contributed by atoms with van der Waals surface area (Å²) in [5, 5.41) is 0. The van der Waals surface area contributed by atoms with E-state index < -0.39 is 15.8 Å². The molecule has 2 aromatic heterocycles. The summed E-state index contributed by atoms with van der Waals surface area (Å²) in [6, 6.07) is 5.32. The predicted molar refractivity (Wildman–Crippen MR) is 59.2 cm³/mol. The molecule has 88 valence electrons. The molecule has 0 aliphatic rings. The number of rotatable bonds is 3. The zero-order chi connectivity index (χ0) is 12.3. The van der Waals surface area contributed by atoms with Crippen molar-refractivity contribution in [3.8, 4) is 0 Å². The molecule has 5 nitrogen and oxygen atoms in total. The predicted octanol–water partition coefficient (Wildman–Crippen LogP) is 1.42. The lowest BCUT2D eigenvalue weighted by Crippen LogP contribution is -2.15. The van der Waals surface area contributed by atoms with Crippen LogP contribution in [0.2, 0.25) is 0 Å². The number of hydrogen-bond acceptors (Lipinski definition) is 4. The Morgan fingerprint density at radius 3 is 2.59 bits per heavy atom. The van der Waals surface area contributed by atoms with Gasteiger partial charge in [0.05, 0.1) is 0 Å². The van der Waals surface area contributed by atoms with Crippen LogP contribution in [0, 0.1) is 5.82 Å². The standard InChI is InChI=1S/C10H8FN3O2S/c11-9-4-2-6-13-10(9)14-17(15,16)8-3-1-5-12-7-8/h1-7H,(H,13,14). The average molecular weight is 253 g/mol. The van der Waals surface area contributed by atoms with Gasteiger partial charge in [0.25, 0.3) is 10.0 Å². The maximum atomic E-state index is 13.2. The van der Waals surface area contributed by atoms with Crippen LogP contribution in [0.3, 0.4) is 0 Å². The molecule has 1 N–H and O–H groups in total. The fraction of sp³-hybridized carbons (Fsp3) is 0. The smallest absolute Gasteiger partial charge is 0.263 e. The van der Waals surface area contributed by atoms with Crippen molar-refractivity contribution in [2.24, 2.45) is 0 Å². The van der Waals surface area contributed by atoms with Crippen molar-refractivity contribution in [2.75, 3.05) is 4.72 Å². The molecular weight excluding hydrogens is 245 g/mol. The molecule has 0 aliphatic carbocycles. The maximum Gasteiger partial charge on any atom is 0.264 e. The van der Waals surface area contributed by atoms with Crippen LogP contribution < -0.4 is 4.72 Å². The Balaban J connectivity index is 2.34. The van der Waals surface area contributed by atoms with Crippen LogP contribution in [0.15, 0.2) is 47.8 Å². The third kappa shape index (κ3) is 2.56. The third-order valence-electron chi connectivity index (χ3n) is 1.93. The van der Waals surface area contributed by atoms with Crippen molar-refractivity contribution in [2.45, 2.75) is 4.90 Å². The van der Waals surface area contributed by atoms with Crippen LogP contribution in [0.4, 0.5) is 10.2 Å². The second-order valence-corrected chi connectivity index (χ2v) is 4.81. The van der Waals surface area contributed by atoms with Gasteiger partial charge in [0, 0.05) is 18.6 Å². The highest BCUT2D eigenvalue weighted by Gasteiger charge is 2.16. The highest BCUT2D eigenvalue weighted by molar-refractivity contribution is 7.92. The Bertz CT molecular complexity index is 616. The van der Waals surface area contributed by atoms with Gasteiger partial charge in [-0.15, -0.1) is 0 Å². The van der Waals surface area contributed by atoms with Gasteiger partial charge in [-0.3, -0.25) is 9.71 Å². The summed E-state index contributed by atoms with van der Waals surface area (Å²) >= 11 is 0. The van der Waals surface area contributed by atoms with Gasteiger partial charge in [0.2, 0.25) is 0 Å². The Morgan fingerprint density at radius 1 is 1.18 bits per heavy atom. The van der Waals surface area contributed by atoms with E-state index in [1.165, 1.54) is 36.8 Å². The van der Waals surface area contributed by atoms with Gasteiger partial charge in [-0.1, -0.05) is 0 Å². The topological polar surface area (TPSA) is 72.0 Å². The molecule has 2 rings (SSSR count). The molecule has 0 aliphatic heterocycles. The van der Waals surface area contributed by atoms with Crippen LogP contribution in [-0.4, -0.2) is 18.4 Å². The van der Waals surface area contributed by atoms with Gasteiger partial charge in [-0.25, -0.2) is 17.8 Å². The van der Waals surface area contributed by atoms with Gasteiger partial charge >= 0.3 is 0 Å². The number of halogens is 1. The van der Waals surface area contributed by atoms with Gasteiger partial charge in [-0.05, 0) is 24.3 Å². The number of nitrogens with one attached hydrogen (secondary N) is 1. The van der Waals surface area contributed by atoms with Crippen LogP contribution in [-0.2, 0) is 10.0 Å². The molecule has 17 heavy (non-hydrogen) atoms. The van der Waals surface area contributed by atoms with E-state index in [1.807, 2.05) is 4.72 Å². The highest BCUT2D eigenvalue weighted by Crippen LogP contribution is 2.15. The van der Waals surface area contributed by atoms with Gasteiger partial charge in [-0.2, -0.15) is 0 Å². The molecule has 0 spiro atoms. The van der Waals surface area contributed by atoms with Gasteiger partial charge < -0.3 is 0 Å². The first-order valence-corrected chi connectivity index (χ1v) is 6.11. The van der Waals surface area contributed by atoms with E-state index in [9.17, 15) is 12.8 Å². The number of sulfonamides is 1. The van der Waals surface area contributed by atoms with E-state index in [0.717, 1.165) is 6.07 Å². The molecule has 0 unspecified atom stereocenters. The third-order valence-corrected chi connectivity index (χ3v) is 3.26. The van der Waals surface area contributed by atoms with Crippen LogP contribution in [0.5, 0.6) is 0 Å². The van der Waals surface area contributed by atoms with Crippen molar-refractivity contribution >= 4 is 15.8 Å². The molecule has 0 radical (unpaired) electrons. The molecule has 0 fully saturated rings. The van der Waals surface area contributed by atoms with Gasteiger partial charge in [0.15, 0.2) is 11.6 Å². The maximum absolute atomic E-state index is 13.2. The minimum atomic E-state index is -3.85. The van der Waals surface area contributed by atoms with Gasteiger partial charge in [0.1, 0.15) is 4.90 Å². The number of hydrogen-bond donors (Lipinski definition) is 1. The fourth-order valence-corrected chi connectivity index (χ4v) is 2.13. The lowest BCUT2D eigenvalue weighted by molar-refractivity contribution is 0.597. The lowest BCUT2D eigenvalue weighted by atomic mass is 10.4. The van der Waals surface area contributed by atoms with Crippen LogP contribution >= 0.6 is 0 Å². The first-order chi connectivity index (χ1) is 8.09. The molecular formula is C10H8FN3O2S. The monoisotopic (exact) mass is 253 g/mol. The number of anilines is 1. The van der Waals surface area contributed by atoms with E-state index in [1.54, 1.807) is 0 Å². The molecule has 0 aromatic carbocycles. The van der Waals surface area contributed by atoms with Crippen molar-refractivity contribution < 1.29 is 12.8 Å². The average Bonchev–Trinajstić information content (AvgIpc) is 2.33. The zero-order valence-electron chi connectivity index (χ0n) is 8.54. The number of pyridine rings is 2. The van der Waals surface area contributed by atoms with Crippen molar-refractivity contribution in [3.63, 3.8) is 0 Å². The number of aromatic nitrogens is 2. The molecule has 7 heteroatoms. The van der Waals surface area contributed by atoms with E-state index >= 15 is 0 Å². The summed E-state index contributed by atoms with van der Waals surface area (Å²) in [7, 11) is -3.85. The Kier molecular flexibility index (Phi) is 3.01. The SMILES string of the molecule is O=S(=O)(Nc1ncccc1F)c1cccnc1. The summed E-state index contributed by atoms with van der Waals surface area (Å²) in [4.78, 5) is 7.23. The molecule has 0 saturated carbocycles. The molecule has 0 saturated heterocycles. The number of nitrogens with zero attached hydrogens (tertiary/aromatic N) is 2. The van der Waals surface area contributed by atoms with Crippen molar-refractivity contribution in [3.05, 3.63) is 48.7 Å². The molecule has 0 atom stereocenters. The van der Waals surface area contributed by atoms with Crippen LogP contribution in [0.25, 0.3) is 0 Å². The summed E-state index contributed by atoms with van der Waals surface area (Å²) < 4.78 is 38.9. The van der Waals surface area contributed by atoms with E-state index in [2.05, 4.69) is 9.97 Å². The summed E-state index contributed by atoms with van der Waals surface area (Å²) in [6.45, 7) is 0. The van der Waals surface area contributed by atoms with Crippen molar-refractivity contribution in [1.82, 2.24) is 9.97 Å². The second kappa shape index (κ2) is 4.46. The molecule has 2 aromatic rings. The minimum absolute atomic E-state index is 0.0509. The summed E-state index contributed by atoms with van der Waals surface area (Å²) in [5.74, 6) is -1.07. The quantitative estimate of drug-likeness (QED) is 0.897. The first kappa shape index (κ1) is 11.5. The Labute approximate surface area is 97.4 Å². The minimum Gasteiger partial charge on any atom is -0.263 e. The highest BCUT2D eigenvalue weighted by atomic mass is 32.2. The zero-order valence-corrected chi connectivity index (χ0v) is 9.36. The summed E-state index contributed by atoms with van der Waals surface area (Å²) in [6.07, 6.45) is 3.91.